The summed E-state index contributed by atoms with van der Waals surface area (Å²) < 4.78 is 40.0. The van der Waals surface area contributed by atoms with Gasteiger partial charge in [0.2, 0.25) is 5.91 Å². The molecule has 0 aromatic rings. The van der Waals surface area contributed by atoms with Crippen molar-refractivity contribution in [3.05, 3.63) is 0 Å². The number of alkyl halides is 3. The minimum absolute atomic E-state index is 0.313. The average Bonchev–Trinajstić information content (AvgIpc) is 2.17. The van der Waals surface area contributed by atoms with E-state index in [1.54, 1.807) is 5.48 Å². The Morgan fingerprint density at radius 3 is 2.53 bits per heavy atom. The maximum atomic E-state index is 11.7. The smallest absolute Gasteiger partial charge is 0.381 e. The lowest BCUT2D eigenvalue weighted by Crippen LogP contribution is -2.36. The van der Waals surface area contributed by atoms with Crippen molar-refractivity contribution < 1.29 is 27.5 Å². The molecule has 1 amide bonds. The van der Waals surface area contributed by atoms with E-state index in [0.29, 0.717) is 26.1 Å². The third kappa shape index (κ3) is 4.98. The van der Waals surface area contributed by atoms with Crippen LogP contribution in [-0.4, -0.2) is 31.9 Å². The van der Waals surface area contributed by atoms with Crippen LogP contribution in [0.25, 0.3) is 0 Å². The number of nitrogens with one attached hydrogen (secondary N) is 1. The number of carbonyl (C=O) groups is 1. The molecular formula is C8H12F3NO3. The highest BCUT2D eigenvalue weighted by Gasteiger charge is 2.29. The summed E-state index contributed by atoms with van der Waals surface area (Å²) >= 11 is 0. The minimum atomic E-state index is -4.43. The van der Waals surface area contributed by atoms with E-state index < -0.39 is 18.7 Å². The molecule has 7 heteroatoms. The number of halogens is 3. The molecule has 1 fully saturated rings. The fraction of sp³-hybridized carbons (Fsp3) is 0.875. The zero-order chi connectivity index (χ0) is 11.3. The number of hydroxylamine groups is 1. The van der Waals surface area contributed by atoms with Crippen molar-refractivity contribution in [3.63, 3.8) is 0 Å². The molecule has 0 unspecified atom stereocenters. The van der Waals surface area contributed by atoms with Gasteiger partial charge >= 0.3 is 6.18 Å². The molecule has 1 heterocycles. The Hall–Kier alpha value is -0.820. The molecule has 0 aromatic carbocycles. The Kier molecular flexibility index (Phi) is 4.34. The van der Waals surface area contributed by atoms with E-state index in [1.807, 2.05) is 0 Å². The van der Waals surface area contributed by atoms with E-state index in [4.69, 9.17) is 4.74 Å². The summed E-state index contributed by atoms with van der Waals surface area (Å²) in [6.07, 6.45) is -3.40. The van der Waals surface area contributed by atoms with Crippen LogP contribution >= 0.6 is 0 Å². The predicted molar refractivity (Wildman–Crippen MR) is 43.7 cm³/mol. The van der Waals surface area contributed by atoms with Crippen molar-refractivity contribution in [1.82, 2.24) is 5.48 Å². The van der Waals surface area contributed by atoms with Crippen LogP contribution in [0.2, 0.25) is 0 Å². The topological polar surface area (TPSA) is 47.6 Å². The summed E-state index contributed by atoms with van der Waals surface area (Å²) in [5.41, 5.74) is 1.79. The van der Waals surface area contributed by atoms with Crippen LogP contribution in [0.3, 0.4) is 0 Å². The van der Waals surface area contributed by atoms with Crippen LogP contribution in [0.15, 0.2) is 0 Å². The number of rotatable bonds is 3. The first kappa shape index (κ1) is 12.3. The monoisotopic (exact) mass is 227 g/mol. The minimum Gasteiger partial charge on any atom is -0.381 e. The highest BCUT2D eigenvalue weighted by Crippen LogP contribution is 2.16. The molecule has 1 aliphatic heterocycles. The molecule has 1 N–H and O–H groups in total. The van der Waals surface area contributed by atoms with Gasteiger partial charge in [0.1, 0.15) is 0 Å². The highest BCUT2D eigenvalue weighted by molar-refractivity contribution is 5.77. The van der Waals surface area contributed by atoms with Gasteiger partial charge in [0.15, 0.2) is 6.61 Å². The van der Waals surface area contributed by atoms with Crippen LogP contribution in [0.5, 0.6) is 0 Å². The van der Waals surface area contributed by atoms with Gasteiger partial charge in [-0.25, -0.2) is 5.48 Å². The number of hydrogen-bond donors (Lipinski definition) is 1. The molecular weight excluding hydrogens is 215 g/mol. The summed E-state index contributed by atoms with van der Waals surface area (Å²) in [5.74, 6) is -0.825. The highest BCUT2D eigenvalue weighted by atomic mass is 19.4. The molecule has 0 saturated carbocycles. The maximum Gasteiger partial charge on any atom is 0.414 e. The quantitative estimate of drug-likeness (QED) is 0.732. The van der Waals surface area contributed by atoms with Crippen molar-refractivity contribution in [1.29, 1.82) is 0 Å². The van der Waals surface area contributed by atoms with E-state index in [2.05, 4.69) is 4.84 Å². The zero-order valence-electron chi connectivity index (χ0n) is 7.97. The first-order valence-electron chi connectivity index (χ1n) is 4.55. The lowest BCUT2D eigenvalue weighted by Gasteiger charge is -2.20. The Labute approximate surface area is 84.7 Å². The van der Waals surface area contributed by atoms with Gasteiger partial charge in [-0.15, -0.1) is 0 Å². The molecule has 0 spiro atoms. The summed E-state index contributed by atoms with van der Waals surface area (Å²) in [4.78, 5) is 15.3. The van der Waals surface area contributed by atoms with Crippen molar-refractivity contribution in [2.24, 2.45) is 5.92 Å². The van der Waals surface area contributed by atoms with Crippen molar-refractivity contribution in [2.45, 2.75) is 19.0 Å². The second kappa shape index (κ2) is 5.32. The van der Waals surface area contributed by atoms with Crippen molar-refractivity contribution in [3.8, 4) is 0 Å². The third-order valence-electron chi connectivity index (χ3n) is 2.00. The number of hydrogen-bond acceptors (Lipinski definition) is 3. The molecule has 1 aliphatic rings. The van der Waals surface area contributed by atoms with Gasteiger partial charge in [-0.2, -0.15) is 13.2 Å². The molecule has 0 aromatic heterocycles. The van der Waals surface area contributed by atoms with Crippen LogP contribution in [-0.2, 0) is 14.4 Å². The van der Waals surface area contributed by atoms with E-state index in [1.165, 1.54) is 0 Å². The molecule has 0 radical (unpaired) electrons. The Bertz CT molecular complexity index is 214. The van der Waals surface area contributed by atoms with Gasteiger partial charge in [0.25, 0.3) is 0 Å². The van der Waals surface area contributed by atoms with Gasteiger partial charge in [-0.1, -0.05) is 0 Å². The second-order valence-corrected chi connectivity index (χ2v) is 3.26. The summed E-state index contributed by atoms with van der Waals surface area (Å²) in [6, 6.07) is 0. The lowest BCUT2D eigenvalue weighted by atomic mass is 10.0. The Balaban J connectivity index is 2.17. The van der Waals surface area contributed by atoms with E-state index in [-0.39, 0.29) is 5.92 Å². The fourth-order valence-corrected chi connectivity index (χ4v) is 1.23. The molecule has 1 saturated heterocycles. The van der Waals surface area contributed by atoms with Crippen molar-refractivity contribution >= 4 is 5.91 Å². The van der Waals surface area contributed by atoms with Gasteiger partial charge in [0.05, 0.1) is 0 Å². The SMILES string of the molecule is O=C(NOCC(F)(F)F)C1CCOCC1. The normalized spacial score (nSPS) is 18.9. The first-order chi connectivity index (χ1) is 6.99. The standard InChI is InChI=1S/C8H12F3NO3/c9-8(10,11)5-15-12-7(13)6-1-3-14-4-2-6/h6H,1-5H2,(H,12,13). The molecule has 4 nitrogen and oxygen atoms in total. The van der Waals surface area contributed by atoms with E-state index in [0.717, 1.165) is 0 Å². The van der Waals surface area contributed by atoms with Crippen LogP contribution < -0.4 is 5.48 Å². The van der Waals surface area contributed by atoms with Gasteiger partial charge in [0, 0.05) is 19.1 Å². The molecule has 0 aliphatic carbocycles. The second-order valence-electron chi connectivity index (χ2n) is 3.26. The zero-order valence-corrected chi connectivity index (χ0v) is 7.97. The number of ether oxygens (including phenoxy) is 1. The van der Waals surface area contributed by atoms with E-state index >= 15 is 0 Å². The summed E-state index contributed by atoms with van der Waals surface area (Å²) in [7, 11) is 0. The predicted octanol–water partition coefficient (Wildman–Crippen LogP) is 1.02. The summed E-state index contributed by atoms with van der Waals surface area (Å²) in [5, 5.41) is 0. The molecule has 15 heavy (non-hydrogen) atoms. The third-order valence-corrected chi connectivity index (χ3v) is 2.00. The first-order valence-corrected chi connectivity index (χ1v) is 4.55. The largest absolute Gasteiger partial charge is 0.414 e. The molecule has 0 bridgehead atoms. The van der Waals surface area contributed by atoms with Gasteiger partial charge in [-0.3, -0.25) is 9.63 Å². The lowest BCUT2D eigenvalue weighted by molar-refractivity contribution is -0.193. The van der Waals surface area contributed by atoms with Crippen LogP contribution in [0.4, 0.5) is 13.2 Å². The van der Waals surface area contributed by atoms with E-state index in [9.17, 15) is 18.0 Å². The number of carbonyl (C=O) groups excluding carboxylic acids is 1. The fourth-order valence-electron chi connectivity index (χ4n) is 1.23. The van der Waals surface area contributed by atoms with Crippen molar-refractivity contribution in [2.75, 3.05) is 19.8 Å². The summed E-state index contributed by atoms with van der Waals surface area (Å²) in [6.45, 7) is -0.559. The van der Waals surface area contributed by atoms with Crippen LogP contribution in [0.1, 0.15) is 12.8 Å². The maximum absolute atomic E-state index is 11.7. The van der Waals surface area contributed by atoms with Gasteiger partial charge < -0.3 is 4.74 Å². The average molecular weight is 227 g/mol. The molecule has 1 rings (SSSR count). The molecule has 88 valence electrons. The number of amides is 1. The van der Waals surface area contributed by atoms with Gasteiger partial charge in [-0.05, 0) is 12.8 Å². The Morgan fingerprint density at radius 1 is 1.40 bits per heavy atom. The Morgan fingerprint density at radius 2 is 2.00 bits per heavy atom. The van der Waals surface area contributed by atoms with Crippen LogP contribution in [0, 0.1) is 5.92 Å². The molecule has 0 atom stereocenters.